The molecule has 2 N–H and O–H groups in total. The van der Waals surface area contributed by atoms with Gasteiger partial charge in [-0.2, -0.15) is 0 Å². The molecule has 0 aromatic carbocycles. The van der Waals surface area contributed by atoms with Gasteiger partial charge in [0, 0.05) is 44.7 Å². The van der Waals surface area contributed by atoms with Crippen molar-refractivity contribution in [1.29, 1.82) is 0 Å². The molecule has 1 saturated heterocycles. The Morgan fingerprint density at radius 2 is 1.80 bits per heavy atom. The van der Waals surface area contributed by atoms with E-state index in [1.807, 2.05) is 11.9 Å². The predicted octanol–water partition coefficient (Wildman–Crippen LogP) is 0.435. The van der Waals surface area contributed by atoms with Crippen molar-refractivity contribution in [2.45, 2.75) is 44.1 Å². The lowest BCUT2D eigenvalue weighted by atomic mass is 9.79. The summed E-state index contributed by atoms with van der Waals surface area (Å²) >= 11 is 0. The Balaban J connectivity index is 1.82. The van der Waals surface area contributed by atoms with Crippen LogP contribution in [-0.2, 0) is 4.79 Å². The van der Waals surface area contributed by atoms with Crippen molar-refractivity contribution in [1.82, 2.24) is 15.1 Å². The molecule has 2 rings (SSSR count). The number of hydrogen-bond donors (Lipinski definition) is 2. The van der Waals surface area contributed by atoms with E-state index in [2.05, 4.69) is 10.2 Å². The Hall–Kier alpha value is -0.650. The molecular formula is C15H29N3O2. The van der Waals surface area contributed by atoms with E-state index in [0.29, 0.717) is 12.3 Å². The SMILES string of the molecule is CNC1(CC(=O)N2CCN(CCO)CC2)CCCCC1. The van der Waals surface area contributed by atoms with Crippen LogP contribution in [0.1, 0.15) is 38.5 Å². The van der Waals surface area contributed by atoms with Gasteiger partial charge >= 0.3 is 0 Å². The molecule has 0 unspecified atom stereocenters. The minimum absolute atomic E-state index is 0.0393. The van der Waals surface area contributed by atoms with E-state index in [1.54, 1.807) is 0 Å². The molecule has 1 aliphatic carbocycles. The summed E-state index contributed by atoms with van der Waals surface area (Å²) in [6, 6.07) is 0. The zero-order valence-electron chi connectivity index (χ0n) is 12.7. The zero-order chi connectivity index (χ0) is 14.4. The van der Waals surface area contributed by atoms with E-state index < -0.39 is 0 Å². The topological polar surface area (TPSA) is 55.8 Å². The summed E-state index contributed by atoms with van der Waals surface area (Å²) in [7, 11) is 2.00. The molecule has 0 atom stereocenters. The van der Waals surface area contributed by atoms with Crippen LogP contribution < -0.4 is 5.32 Å². The maximum atomic E-state index is 12.5. The summed E-state index contributed by atoms with van der Waals surface area (Å²) in [5.74, 6) is 0.296. The standard InChI is InChI=1S/C15H29N3O2/c1-16-15(5-3-2-4-6-15)13-14(20)18-9-7-17(8-10-18)11-12-19/h16,19H,2-13H2,1H3. The average Bonchev–Trinajstić information content (AvgIpc) is 2.49. The molecule has 0 spiro atoms. The van der Waals surface area contributed by atoms with Crippen LogP contribution in [0.5, 0.6) is 0 Å². The third kappa shape index (κ3) is 3.93. The number of rotatable bonds is 5. The fourth-order valence-corrected chi connectivity index (χ4v) is 3.51. The Bertz CT molecular complexity index is 308. The van der Waals surface area contributed by atoms with Crippen molar-refractivity contribution in [3.8, 4) is 0 Å². The third-order valence-corrected chi connectivity index (χ3v) is 4.97. The Labute approximate surface area is 122 Å². The minimum Gasteiger partial charge on any atom is -0.395 e. The first kappa shape index (κ1) is 15.7. The Morgan fingerprint density at radius 3 is 2.35 bits per heavy atom. The third-order valence-electron chi connectivity index (χ3n) is 4.97. The maximum absolute atomic E-state index is 12.5. The molecular weight excluding hydrogens is 254 g/mol. The first-order valence-corrected chi connectivity index (χ1v) is 7.99. The molecule has 2 fully saturated rings. The minimum atomic E-state index is 0.0393. The molecule has 20 heavy (non-hydrogen) atoms. The van der Waals surface area contributed by atoms with Gasteiger partial charge in [-0.25, -0.2) is 0 Å². The van der Waals surface area contributed by atoms with Crippen LogP contribution in [0.15, 0.2) is 0 Å². The lowest BCUT2D eigenvalue weighted by molar-refractivity contribution is -0.135. The van der Waals surface area contributed by atoms with E-state index in [4.69, 9.17) is 5.11 Å². The van der Waals surface area contributed by atoms with Gasteiger partial charge in [0.05, 0.1) is 6.61 Å². The van der Waals surface area contributed by atoms with Gasteiger partial charge in [-0.3, -0.25) is 9.69 Å². The van der Waals surface area contributed by atoms with Crippen molar-refractivity contribution in [2.24, 2.45) is 0 Å². The van der Waals surface area contributed by atoms with Crippen LogP contribution in [0.4, 0.5) is 0 Å². The summed E-state index contributed by atoms with van der Waals surface area (Å²) in [5.41, 5.74) is 0.0393. The molecule has 1 saturated carbocycles. The summed E-state index contributed by atoms with van der Waals surface area (Å²) < 4.78 is 0. The monoisotopic (exact) mass is 283 g/mol. The molecule has 2 aliphatic rings. The number of aliphatic hydroxyl groups excluding tert-OH is 1. The van der Waals surface area contributed by atoms with E-state index in [-0.39, 0.29) is 12.1 Å². The number of amides is 1. The molecule has 1 heterocycles. The van der Waals surface area contributed by atoms with Crippen LogP contribution in [0.25, 0.3) is 0 Å². The van der Waals surface area contributed by atoms with Gasteiger partial charge in [-0.15, -0.1) is 0 Å². The lowest BCUT2D eigenvalue weighted by Crippen LogP contribution is -2.53. The second-order valence-corrected chi connectivity index (χ2v) is 6.21. The molecule has 1 aliphatic heterocycles. The van der Waals surface area contributed by atoms with Crippen LogP contribution >= 0.6 is 0 Å². The quantitative estimate of drug-likeness (QED) is 0.768. The number of nitrogens with one attached hydrogen (secondary N) is 1. The molecule has 5 nitrogen and oxygen atoms in total. The van der Waals surface area contributed by atoms with E-state index in [9.17, 15) is 4.79 Å². The number of hydrogen-bond acceptors (Lipinski definition) is 4. The van der Waals surface area contributed by atoms with Gasteiger partial charge in [0.1, 0.15) is 0 Å². The van der Waals surface area contributed by atoms with Crippen molar-refractivity contribution in [2.75, 3.05) is 46.4 Å². The Morgan fingerprint density at radius 1 is 1.15 bits per heavy atom. The van der Waals surface area contributed by atoms with E-state index in [1.165, 1.54) is 19.3 Å². The highest BCUT2D eigenvalue weighted by Crippen LogP contribution is 2.31. The average molecular weight is 283 g/mol. The molecule has 0 radical (unpaired) electrons. The fraction of sp³-hybridized carbons (Fsp3) is 0.933. The number of piperazine rings is 1. The molecule has 0 aromatic heterocycles. The molecule has 5 heteroatoms. The second kappa shape index (κ2) is 7.38. The second-order valence-electron chi connectivity index (χ2n) is 6.21. The normalized spacial score (nSPS) is 23.8. The highest BCUT2D eigenvalue weighted by Gasteiger charge is 2.34. The van der Waals surface area contributed by atoms with Crippen LogP contribution in [0, 0.1) is 0 Å². The molecule has 0 aromatic rings. The van der Waals surface area contributed by atoms with Crippen LogP contribution in [-0.4, -0.2) is 72.7 Å². The first-order chi connectivity index (χ1) is 9.69. The maximum Gasteiger partial charge on any atom is 0.224 e. The predicted molar refractivity (Wildman–Crippen MR) is 79.6 cm³/mol. The highest BCUT2D eigenvalue weighted by molar-refractivity contribution is 5.77. The number of aliphatic hydroxyl groups is 1. The number of carbonyl (C=O) groups excluding carboxylic acids is 1. The largest absolute Gasteiger partial charge is 0.395 e. The van der Waals surface area contributed by atoms with Crippen molar-refractivity contribution >= 4 is 5.91 Å². The molecule has 116 valence electrons. The number of β-amino-alcohol motifs (C(OH)–C–C–N with tert-alkyl or cyclic N) is 1. The molecule has 0 bridgehead atoms. The van der Waals surface area contributed by atoms with Gasteiger partial charge in [0.15, 0.2) is 0 Å². The van der Waals surface area contributed by atoms with Gasteiger partial charge in [-0.1, -0.05) is 19.3 Å². The summed E-state index contributed by atoms with van der Waals surface area (Å²) in [6.07, 6.45) is 6.66. The van der Waals surface area contributed by atoms with E-state index >= 15 is 0 Å². The van der Waals surface area contributed by atoms with Gasteiger partial charge in [0.25, 0.3) is 0 Å². The van der Waals surface area contributed by atoms with Gasteiger partial charge in [-0.05, 0) is 19.9 Å². The molecule has 1 amide bonds. The first-order valence-electron chi connectivity index (χ1n) is 7.99. The fourth-order valence-electron chi connectivity index (χ4n) is 3.51. The van der Waals surface area contributed by atoms with Crippen molar-refractivity contribution < 1.29 is 9.90 Å². The van der Waals surface area contributed by atoms with Gasteiger partial charge < -0.3 is 15.3 Å². The summed E-state index contributed by atoms with van der Waals surface area (Å²) in [4.78, 5) is 16.7. The van der Waals surface area contributed by atoms with Crippen molar-refractivity contribution in [3.05, 3.63) is 0 Å². The zero-order valence-corrected chi connectivity index (χ0v) is 12.7. The highest BCUT2D eigenvalue weighted by atomic mass is 16.3. The smallest absolute Gasteiger partial charge is 0.224 e. The van der Waals surface area contributed by atoms with E-state index in [0.717, 1.165) is 45.6 Å². The summed E-state index contributed by atoms with van der Waals surface area (Å²) in [5, 5.41) is 12.4. The number of nitrogens with zero attached hydrogens (tertiary/aromatic N) is 2. The van der Waals surface area contributed by atoms with Crippen LogP contribution in [0.2, 0.25) is 0 Å². The van der Waals surface area contributed by atoms with Gasteiger partial charge in [0.2, 0.25) is 5.91 Å². The van der Waals surface area contributed by atoms with Crippen molar-refractivity contribution in [3.63, 3.8) is 0 Å². The summed E-state index contributed by atoms with van der Waals surface area (Å²) in [6.45, 7) is 4.31. The lowest BCUT2D eigenvalue weighted by Gasteiger charge is -2.40. The number of carbonyl (C=O) groups is 1. The van der Waals surface area contributed by atoms with Crippen LogP contribution in [0.3, 0.4) is 0 Å². The Kier molecular flexibility index (Phi) is 5.81.